The van der Waals surface area contributed by atoms with Crippen molar-refractivity contribution in [3.05, 3.63) is 0 Å². The van der Waals surface area contributed by atoms with Gasteiger partial charge in [0.2, 0.25) is 0 Å². The Balaban J connectivity index is 2.39. The maximum absolute atomic E-state index is 10.9. The molecule has 0 bridgehead atoms. The van der Waals surface area contributed by atoms with Crippen LogP contribution in [0.3, 0.4) is 0 Å². The summed E-state index contributed by atoms with van der Waals surface area (Å²) >= 11 is 3.83. The van der Waals surface area contributed by atoms with Gasteiger partial charge in [0.05, 0.1) is 0 Å². The zero-order valence-electron chi connectivity index (χ0n) is 7.62. The van der Waals surface area contributed by atoms with Crippen LogP contribution in [-0.4, -0.2) is 23.2 Å². The molecule has 1 fully saturated rings. The summed E-state index contributed by atoms with van der Waals surface area (Å²) < 4.78 is 0. The highest BCUT2D eigenvalue weighted by atomic mass is 32.1. The number of hydrogen-bond donors (Lipinski definition) is 1. The molecule has 0 aromatic carbocycles. The molecule has 0 aromatic heterocycles. The van der Waals surface area contributed by atoms with E-state index in [1.165, 1.54) is 12.8 Å². The van der Waals surface area contributed by atoms with Crippen LogP contribution in [0.5, 0.6) is 0 Å². The molecule has 1 unspecified atom stereocenters. The second-order valence-corrected chi connectivity index (χ2v) is 3.86. The Bertz CT molecular complexity index is 161. The van der Waals surface area contributed by atoms with Crippen molar-refractivity contribution in [2.24, 2.45) is 5.92 Å². The first-order valence-corrected chi connectivity index (χ1v) is 5.16. The van der Waals surface area contributed by atoms with E-state index in [0.717, 1.165) is 31.8 Å². The summed E-state index contributed by atoms with van der Waals surface area (Å²) in [6, 6.07) is 0. The number of thiol groups is 1. The van der Waals surface area contributed by atoms with Crippen LogP contribution in [0.15, 0.2) is 0 Å². The molecule has 1 aliphatic rings. The fraction of sp³-hybridized carbons (Fsp3) is 0.889. The second-order valence-electron chi connectivity index (χ2n) is 3.47. The number of rotatable bonds is 1. The van der Waals surface area contributed by atoms with Crippen LogP contribution in [0.2, 0.25) is 0 Å². The average Bonchev–Trinajstić information content (AvgIpc) is 2.28. The van der Waals surface area contributed by atoms with Gasteiger partial charge in [0, 0.05) is 13.1 Å². The number of hydrogen-bond acceptors (Lipinski definition) is 1. The van der Waals surface area contributed by atoms with Gasteiger partial charge in [-0.2, -0.15) is 0 Å². The molecule has 70 valence electrons. The molecule has 3 heteroatoms. The van der Waals surface area contributed by atoms with Crippen molar-refractivity contribution < 1.29 is 4.79 Å². The third kappa shape index (κ3) is 2.70. The molecular weight excluding hydrogens is 170 g/mol. The van der Waals surface area contributed by atoms with Crippen LogP contribution in [-0.2, 0) is 0 Å². The van der Waals surface area contributed by atoms with E-state index in [1.54, 1.807) is 0 Å². The van der Waals surface area contributed by atoms with Crippen LogP contribution in [0.4, 0.5) is 4.79 Å². The van der Waals surface area contributed by atoms with E-state index in [2.05, 4.69) is 19.6 Å². The van der Waals surface area contributed by atoms with E-state index in [4.69, 9.17) is 0 Å². The number of carbonyl (C=O) groups is 1. The summed E-state index contributed by atoms with van der Waals surface area (Å²) in [5.41, 5.74) is 0. The molecule has 1 rings (SSSR count). The predicted octanol–water partition coefficient (Wildman–Crippen LogP) is 2.55. The smallest absolute Gasteiger partial charge is 0.278 e. The quantitative estimate of drug-likeness (QED) is 0.625. The number of carbonyl (C=O) groups excluding carboxylic acids is 1. The first-order valence-electron chi connectivity index (χ1n) is 4.72. The van der Waals surface area contributed by atoms with E-state index < -0.39 is 0 Å². The maximum Gasteiger partial charge on any atom is 0.278 e. The zero-order chi connectivity index (χ0) is 8.97. The van der Waals surface area contributed by atoms with E-state index in [1.807, 2.05) is 4.90 Å². The average molecular weight is 187 g/mol. The normalized spacial score (nSPS) is 25.2. The highest BCUT2D eigenvalue weighted by Crippen LogP contribution is 2.20. The lowest BCUT2D eigenvalue weighted by Gasteiger charge is -2.17. The Hall–Kier alpha value is -0.180. The molecule has 0 saturated carbocycles. The van der Waals surface area contributed by atoms with Crippen molar-refractivity contribution in [3.8, 4) is 0 Å². The third-order valence-electron chi connectivity index (χ3n) is 2.70. The van der Waals surface area contributed by atoms with Gasteiger partial charge in [0.25, 0.3) is 5.24 Å². The summed E-state index contributed by atoms with van der Waals surface area (Å²) in [6.45, 7) is 4.03. The molecule has 12 heavy (non-hydrogen) atoms. The number of likely N-dealkylation sites (tertiary alicyclic amines) is 1. The largest absolute Gasteiger partial charge is 0.334 e. The lowest BCUT2D eigenvalue weighted by Crippen LogP contribution is -2.27. The highest BCUT2D eigenvalue weighted by molar-refractivity contribution is 7.96. The first-order chi connectivity index (χ1) is 5.74. The molecule has 0 N–H and O–H groups in total. The Morgan fingerprint density at radius 3 is 2.83 bits per heavy atom. The van der Waals surface area contributed by atoms with Gasteiger partial charge in [-0.3, -0.25) is 4.79 Å². The minimum atomic E-state index is -0.0632. The molecule has 1 heterocycles. The van der Waals surface area contributed by atoms with Gasteiger partial charge < -0.3 is 4.90 Å². The third-order valence-corrected chi connectivity index (χ3v) is 2.98. The molecule has 1 amide bonds. The van der Waals surface area contributed by atoms with E-state index in [9.17, 15) is 4.79 Å². The van der Waals surface area contributed by atoms with Crippen LogP contribution < -0.4 is 0 Å². The summed E-state index contributed by atoms with van der Waals surface area (Å²) in [6.07, 6.45) is 4.82. The summed E-state index contributed by atoms with van der Waals surface area (Å²) in [5.74, 6) is 0.822. The number of nitrogens with zero attached hydrogens (tertiary/aromatic N) is 1. The molecule has 0 radical (unpaired) electrons. The Labute approximate surface area is 79.7 Å². The van der Waals surface area contributed by atoms with Gasteiger partial charge in [0.15, 0.2) is 0 Å². The van der Waals surface area contributed by atoms with Gasteiger partial charge in [0.1, 0.15) is 0 Å². The van der Waals surface area contributed by atoms with E-state index in [-0.39, 0.29) is 5.24 Å². The molecule has 2 nitrogen and oxygen atoms in total. The zero-order valence-corrected chi connectivity index (χ0v) is 8.52. The van der Waals surface area contributed by atoms with Crippen molar-refractivity contribution in [3.63, 3.8) is 0 Å². The van der Waals surface area contributed by atoms with Gasteiger partial charge in [-0.25, -0.2) is 0 Å². The Morgan fingerprint density at radius 2 is 2.25 bits per heavy atom. The second kappa shape index (κ2) is 4.75. The van der Waals surface area contributed by atoms with Crippen molar-refractivity contribution in [1.29, 1.82) is 0 Å². The summed E-state index contributed by atoms with van der Waals surface area (Å²) in [5, 5.41) is -0.0632. The summed E-state index contributed by atoms with van der Waals surface area (Å²) in [4.78, 5) is 12.8. The minimum absolute atomic E-state index is 0.0632. The molecular formula is C9H17NOS. The predicted molar refractivity (Wildman–Crippen MR) is 53.6 cm³/mol. The molecule has 1 saturated heterocycles. The molecule has 0 aromatic rings. The molecule has 0 spiro atoms. The van der Waals surface area contributed by atoms with Gasteiger partial charge in [-0.15, -0.1) is 0 Å². The summed E-state index contributed by atoms with van der Waals surface area (Å²) in [7, 11) is 0. The fourth-order valence-electron chi connectivity index (χ4n) is 1.76. The van der Waals surface area contributed by atoms with Crippen molar-refractivity contribution in [1.82, 2.24) is 4.90 Å². The van der Waals surface area contributed by atoms with Crippen molar-refractivity contribution >= 4 is 17.9 Å². The topological polar surface area (TPSA) is 20.3 Å². The van der Waals surface area contributed by atoms with Crippen LogP contribution in [0.1, 0.15) is 32.6 Å². The lowest BCUT2D eigenvalue weighted by molar-refractivity contribution is 0.225. The SMILES string of the molecule is CCC1CCCN(C(=O)S)CC1. The van der Waals surface area contributed by atoms with Gasteiger partial charge in [-0.1, -0.05) is 26.0 Å². The molecule has 1 atom stereocenters. The van der Waals surface area contributed by atoms with E-state index in [0.29, 0.717) is 0 Å². The lowest BCUT2D eigenvalue weighted by atomic mass is 9.98. The number of amides is 1. The van der Waals surface area contributed by atoms with Crippen molar-refractivity contribution in [2.45, 2.75) is 32.6 Å². The molecule has 1 aliphatic heterocycles. The maximum atomic E-state index is 10.9. The molecule has 0 aliphatic carbocycles. The minimum Gasteiger partial charge on any atom is -0.334 e. The first kappa shape index (κ1) is 9.90. The van der Waals surface area contributed by atoms with Gasteiger partial charge in [-0.05, 0) is 25.2 Å². The van der Waals surface area contributed by atoms with Crippen molar-refractivity contribution in [2.75, 3.05) is 13.1 Å². The fourth-order valence-corrected chi connectivity index (χ4v) is 1.96. The monoisotopic (exact) mass is 187 g/mol. The Morgan fingerprint density at radius 1 is 1.50 bits per heavy atom. The van der Waals surface area contributed by atoms with Crippen LogP contribution in [0, 0.1) is 5.92 Å². The standard InChI is InChI=1S/C9H17NOS/c1-2-8-4-3-6-10(7-5-8)9(11)12/h8H,2-7H2,1H3,(H,11,12). The van der Waals surface area contributed by atoms with Gasteiger partial charge >= 0.3 is 0 Å². The highest BCUT2D eigenvalue weighted by Gasteiger charge is 2.17. The van der Waals surface area contributed by atoms with Crippen LogP contribution in [0.25, 0.3) is 0 Å². The van der Waals surface area contributed by atoms with Crippen LogP contribution >= 0.6 is 12.6 Å². The van der Waals surface area contributed by atoms with E-state index >= 15 is 0 Å². The Kier molecular flexibility index (Phi) is 3.92.